The van der Waals surface area contributed by atoms with E-state index < -0.39 is 0 Å². The lowest BCUT2D eigenvalue weighted by Crippen LogP contribution is -2.40. The van der Waals surface area contributed by atoms with E-state index >= 15 is 0 Å². The zero-order valence-corrected chi connectivity index (χ0v) is 13.3. The molecule has 2 rings (SSSR count). The Morgan fingerprint density at radius 3 is 2.81 bits per heavy atom. The van der Waals surface area contributed by atoms with Crippen LogP contribution in [-0.2, 0) is 17.8 Å². The summed E-state index contributed by atoms with van der Waals surface area (Å²) in [5.41, 5.74) is 1.27. The van der Waals surface area contributed by atoms with E-state index in [9.17, 15) is 4.79 Å². The summed E-state index contributed by atoms with van der Waals surface area (Å²) in [6, 6.07) is 0.124. The minimum Gasteiger partial charge on any atom is -0.424 e. The van der Waals surface area contributed by atoms with Crippen LogP contribution in [0.1, 0.15) is 39.0 Å². The fourth-order valence-corrected chi connectivity index (χ4v) is 2.48. The molecule has 0 saturated carbocycles. The van der Waals surface area contributed by atoms with Gasteiger partial charge in [0.1, 0.15) is 0 Å². The van der Waals surface area contributed by atoms with Crippen molar-refractivity contribution in [2.24, 2.45) is 0 Å². The summed E-state index contributed by atoms with van der Waals surface area (Å²) in [5, 5.41) is 8.07. The second kappa shape index (κ2) is 6.85. The molecule has 1 aliphatic rings. The number of likely N-dealkylation sites (N-methyl/N-ethyl adjacent to an activating group) is 1. The summed E-state index contributed by atoms with van der Waals surface area (Å²) >= 11 is 0. The molecule has 1 atom stereocenters. The summed E-state index contributed by atoms with van der Waals surface area (Å²) < 4.78 is 5.57. The van der Waals surface area contributed by atoms with Crippen molar-refractivity contribution in [3.63, 3.8) is 0 Å². The summed E-state index contributed by atoms with van der Waals surface area (Å²) in [5.74, 6) is 1.44. The Labute approximate surface area is 125 Å². The van der Waals surface area contributed by atoms with Gasteiger partial charge in [-0.15, -0.1) is 10.2 Å². The summed E-state index contributed by atoms with van der Waals surface area (Å²) in [4.78, 5) is 15.5. The highest BCUT2D eigenvalue weighted by Crippen LogP contribution is 2.18. The van der Waals surface area contributed by atoms with Crippen LogP contribution in [0.3, 0.4) is 0 Å². The Morgan fingerprint density at radius 1 is 1.48 bits per heavy atom. The highest BCUT2D eigenvalue weighted by Gasteiger charge is 2.22. The van der Waals surface area contributed by atoms with E-state index in [1.165, 1.54) is 5.57 Å². The van der Waals surface area contributed by atoms with Gasteiger partial charge in [0.2, 0.25) is 17.7 Å². The highest BCUT2D eigenvalue weighted by molar-refractivity contribution is 5.73. The molecule has 0 radical (unpaired) electrons. The van der Waals surface area contributed by atoms with Crippen molar-refractivity contribution >= 4 is 5.91 Å². The van der Waals surface area contributed by atoms with E-state index in [1.807, 2.05) is 14.0 Å². The molecule has 0 unspecified atom stereocenters. The number of aromatic nitrogens is 2. The van der Waals surface area contributed by atoms with Gasteiger partial charge in [-0.3, -0.25) is 9.69 Å². The van der Waals surface area contributed by atoms with Crippen LogP contribution >= 0.6 is 0 Å². The molecular formula is C15H24N4O2. The molecule has 1 aromatic heterocycles. The van der Waals surface area contributed by atoms with Crippen LogP contribution in [0.15, 0.2) is 16.1 Å². The molecule has 116 valence electrons. The number of hydrogen-bond acceptors (Lipinski definition) is 5. The van der Waals surface area contributed by atoms with Crippen LogP contribution in [-0.4, -0.2) is 52.1 Å². The smallest absolute Gasteiger partial charge is 0.230 e. The zero-order chi connectivity index (χ0) is 15.4. The number of aryl methyl sites for hydroxylation is 1. The van der Waals surface area contributed by atoms with Crippen LogP contribution in [0.2, 0.25) is 0 Å². The van der Waals surface area contributed by atoms with Crippen molar-refractivity contribution in [2.75, 3.05) is 20.1 Å². The standard InChI is InChI=1S/C15H24N4O2/c1-5-14-16-17-15(21-14)10-19-8-6-7-13(9-19)11(2)18(4)12(3)20/h7,11H,5-6,8-10H2,1-4H3/t11-/m0/s1. The van der Waals surface area contributed by atoms with Gasteiger partial charge in [-0.1, -0.05) is 13.0 Å². The van der Waals surface area contributed by atoms with Crippen molar-refractivity contribution in [1.82, 2.24) is 20.0 Å². The van der Waals surface area contributed by atoms with Gasteiger partial charge in [-0.2, -0.15) is 0 Å². The first-order valence-corrected chi connectivity index (χ1v) is 7.47. The molecule has 0 saturated heterocycles. The fourth-order valence-electron chi connectivity index (χ4n) is 2.48. The average molecular weight is 292 g/mol. The molecule has 0 aromatic carbocycles. The molecule has 1 aliphatic heterocycles. The maximum atomic E-state index is 11.5. The lowest BCUT2D eigenvalue weighted by molar-refractivity contribution is -0.128. The number of hydrogen-bond donors (Lipinski definition) is 0. The first-order valence-electron chi connectivity index (χ1n) is 7.47. The third kappa shape index (κ3) is 3.91. The molecule has 2 heterocycles. The van der Waals surface area contributed by atoms with Crippen molar-refractivity contribution < 1.29 is 9.21 Å². The largest absolute Gasteiger partial charge is 0.424 e. The van der Waals surface area contributed by atoms with Gasteiger partial charge < -0.3 is 9.32 Å². The van der Waals surface area contributed by atoms with Gasteiger partial charge in [0.25, 0.3) is 0 Å². The minimum absolute atomic E-state index is 0.0880. The van der Waals surface area contributed by atoms with E-state index in [4.69, 9.17) is 4.42 Å². The van der Waals surface area contributed by atoms with Crippen molar-refractivity contribution in [3.8, 4) is 0 Å². The maximum absolute atomic E-state index is 11.5. The summed E-state index contributed by atoms with van der Waals surface area (Å²) in [6.45, 7) is 8.15. The Bertz CT molecular complexity index is 523. The van der Waals surface area contributed by atoms with Crippen LogP contribution in [0.25, 0.3) is 0 Å². The Hall–Kier alpha value is -1.69. The molecule has 21 heavy (non-hydrogen) atoms. The molecule has 6 nitrogen and oxygen atoms in total. The van der Waals surface area contributed by atoms with Gasteiger partial charge in [0.15, 0.2) is 0 Å². The number of nitrogens with zero attached hydrogens (tertiary/aromatic N) is 4. The topological polar surface area (TPSA) is 62.5 Å². The van der Waals surface area contributed by atoms with Crippen LogP contribution in [0, 0.1) is 0 Å². The SMILES string of the molecule is CCc1nnc(CN2CCC=C([C@H](C)N(C)C(C)=O)C2)o1. The second-order valence-electron chi connectivity index (χ2n) is 5.53. The van der Waals surface area contributed by atoms with E-state index in [0.717, 1.165) is 25.9 Å². The first-order chi connectivity index (χ1) is 10.0. The predicted octanol–water partition coefficient (Wildman–Crippen LogP) is 1.63. The van der Waals surface area contributed by atoms with Crippen molar-refractivity contribution in [1.29, 1.82) is 0 Å². The number of amides is 1. The van der Waals surface area contributed by atoms with Gasteiger partial charge in [-0.25, -0.2) is 0 Å². The molecule has 0 spiro atoms. The van der Waals surface area contributed by atoms with Crippen LogP contribution in [0.4, 0.5) is 0 Å². The predicted molar refractivity (Wildman–Crippen MR) is 79.6 cm³/mol. The highest BCUT2D eigenvalue weighted by atomic mass is 16.4. The van der Waals surface area contributed by atoms with Gasteiger partial charge in [-0.05, 0) is 18.9 Å². The normalized spacial score (nSPS) is 17.4. The number of carbonyl (C=O) groups is 1. The molecule has 1 amide bonds. The quantitative estimate of drug-likeness (QED) is 0.772. The lowest BCUT2D eigenvalue weighted by atomic mass is 10.0. The molecule has 0 N–H and O–H groups in total. The van der Waals surface area contributed by atoms with E-state index in [1.54, 1.807) is 11.8 Å². The van der Waals surface area contributed by atoms with E-state index in [0.29, 0.717) is 18.3 Å². The Kier molecular flexibility index (Phi) is 5.12. The van der Waals surface area contributed by atoms with E-state index in [2.05, 4.69) is 28.1 Å². The second-order valence-corrected chi connectivity index (χ2v) is 5.53. The van der Waals surface area contributed by atoms with Crippen LogP contribution < -0.4 is 0 Å². The molecule has 1 aromatic rings. The van der Waals surface area contributed by atoms with Crippen molar-refractivity contribution in [3.05, 3.63) is 23.4 Å². The number of rotatable bonds is 5. The third-order valence-corrected chi connectivity index (χ3v) is 4.04. The van der Waals surface area contributed by atoms with Crippen LogP contribution in [0.5, 0.6) is 0 Å². The number of carbonyl (C=O) groups excluding carboxylic acids is 1. The van der Waals surface area contributed by atoms with Gasteiger partial charge >= 0.3 is 0 Å². The monoisotopic (exact) mass is 292 g/mol. The van der Waals surface area contributed by atoms with Gasteiger partial charge in [0.05, 0.1) is 12.6 Å². The molecule has 0 aliphatic carbocycles. The lowest BCUT2D eigenvalue weighted by Gasteiger charge is -2.32. The maximum Gasteiger partial charge on any atom is 0.230 e. The molecule has 6 heteroatoms. The minimum atomic E-state index is 0.0880. The molecule has 0 bridgehead atoms. The fraction of sp³-hybridized carbons (Fsp3) is 0.667. The van der Waals surface area contributed by atoms with E-state index in [-0.39, 0.29) is 11.9 Å². The van der Waals surface area contributed by atoms with Crippen molar-refractivity contribution in [2.45, 2.75) is 46.2 Å². The first kappa shape index (κ1) is 15.7. The molecule has 0 fully saturated rings. The average Bonchev–Trinajstić information content (AvgIpc) is 2.93. The third-order valence-electron chi connectivity index (χ3n) is 4.04. The summed E-state index contributed by atoms with van der Waals surface area (Å²) in [7, 11) is 1.85. The van der Waals surface area contributed by atoms with Gasteiger partial charge in [0, 0.05) is 33.5 Å². The Morgan fingerprint density at radius 2 is 2.19 bits per heavy atom. The summed E-state index contributed by atoms with van der Waals surface area (Å²) in [6.07, 6.45) is 3.99. The zero-order valence-electron chi connectivity index (χ0n) is 13.3. The molecular weight excluding hydrogens is 268 g/mol. The Balaban J connectivity index is 1.96.